The van der Waals surface area contributed by atoms with Crippen molar-refractivity contribution in [1.29, 1.82) is 0 Å². The maximum absolute atomic E-state index is 11.5. The highest BCUT2D eigenvalue weighted by Gasteiger charge is 2.19. The summed E-state index contributed by atoms with van der Waals surface area (Å²) in [6, 6.07) is 0. The number of nitrogens with one attached hydrogen (secondary N) is 1. The Morgan fingerprint density at radius 3 is 2.17 bits per heavy atom. The molecule has 1 N–H and O–H groups in total. The second-order valence-corrected chi connectivity index (χ2v) is 5.92. The monoisotopic (exact) mass is 272 g/mol. The summed E-state index contributed by atoms with van der Waals surface area (Å²) in [6.07, 6.45) is 1.03. The van der Waals surface area contributed by atoms with E-state index in [-0.39, 0.29) is 12.3 Å². The van der Waals surface area contributed by atoms with Crippen LogP contribution in [0, 0.1) is 9.93 Å². The lowest BCUT2D eigenvalue weighted by molar-refractivity contribution is 0.389. The number of hydrogen-bond acceptors (Lipinski definition) is 4. The predicted molar refractivity (Wildman–Crippen MR) is 86.3 cm³/mol. The zero-order valence-electron chi connectivity index (χ0n) is 12.7. The summed E-state index contributed by atoms with van der Waals surface area (Å²) >= 11 is 5.02. The SMILES string of the molecule is CC.CN(C)c1c(NCCC(C)(C)C)c(=O)c1=S.[HH]. The first-order valence-electron chi connectivity index (χ1n) is 6.48. The molecular formula is C14H28N2OS. The normalized spacial score (nSPS) is 10.8. The molecule has 0 radical (unpaired) electrons. The topological polar surface area (TPSA) is 32.3 Å². The molecule has 0 aliphatic rings. The van der Waals surface area contributed by atoms with E-state index in [2.05, 4.69) is 26.1 Å². The van der Waals surface area contributed by atoms with E-state index in [1.807, 2.05) is 32.8 Å². The summed E-state index contributed by atoms with van der Waals surface area (Å²) in [6.45, 7) is 11.4. The molecule has 0 atom stereocenters. The van der Waals surface area contributed by atoms with Gasteiger partial charge in [-0.05, 0) is 11.8 Å². The molecule has 3 nitrogen and oxygen atoms in total. The molecule has 0 saturated carbocycles. The van der Waals surface area contributed by atoms with E-state index < -0.39 is 0 Å². The third-order valence-corrected chi connectivity index (χ3v) is 2.89. The lowest BCUT2D eigenvalue weighted by atomic mass is 9.92. The van der Waals surface area contributed by atoms with Crippen LogP contribution in [0.2, 0.25) is 0 Å². The Labute approximate surface area is 117 Å². The smallest absolute Gasteiger partial charge is 0.223 e. The van der Waals surface area contributed by atoms with Gasteiger partial charge in [0.2, 0.25) is 5.43 Å². The van der Waals surface area contributed by atoms with Gasteiger partial charge in [-0.2, -0.15) is 0 Å². The highest BCUT2D eigenvalue weighted by molar-refractivity contribution is 7.71. The van der Waals surface area contributed by atoms with Crippen molar-refractivity contribution in [2.45, 2.75) is 41.0 Å². The summed E-state index contributed by atoms with van der Waals surface area (Å²) in [5.74, 6) is 0. The Morgan fingerprint density at radius 1 is 1.28 bits per heavy atom. The second-order valence-electron chi connectivity index (χ2n) is 5.51. The van der Waals surface area contributed by atoms with Crippen LogP contribution >= 0.6 is 12.2 Å². The molecule has 18 heavy (non-hydrogen) atoms. The quantitative estimate of drug-likeness (QED) is 0.844. The van der Waals surface area contributed by atoms with E-state index in [1.165, 1.54) is 0 Å². The van der Waals surface area contributed by atoms with Crippen molar-refractivity contribution >= 4 is 23.6 Å². The Balaban J connectivity index is 0. The number of anilines is 2. The highest BCUT2D eigenvalue weighted by atomic mass is 32.1. The summed E-state index contributed by atoms with van der Waals surface area (Å²) in [5, 5.41) is 3.19. The van der Waals surface area contributed by atoms with Crippen LogP contribution in [0.4, 0.5) is 11.4 Å². The molecule has 106 valence electrons. The first-order valence-corrected chi connectivity index (χ1v) is 6.89. The van der Waals surface area contributed by atoms with Gasteiger partial charge in [-0.1, -0.05) is 46.8 Å². The van der Waals surface area contributed by atoms with E-state index >= 15 is 0 Å². The number of nitrogens with zero attached hydrogens (tertiary/aromatic N) is 1. The van der Waals surface area contributed by atoms with E-state index in [4.69, 9.17) is 12.2 Å². The lowest BCUT2D eigenvalue weighted by Gasteiger charge is -2.23. The van der Waals surface area contributed by atoms with Crippen LogP contribution in [0.1, 0.15) is 42.5 Å². The van der Waals surface area contributed by atoms with E-state index in [1.54, 1.807) is 0 Å². The van der Waals surface area contributed by atoms with Crippen molar-refractivity contribution in [3.63, 3.8) is 0 Å². The molecule has 0 bridgehead atoms. The first-order chi connectivity index (χ1) is 8.24. The van der Waals surface area contributed by atoms with Crippen LogP contribution in [-0.4, -0.2) is 20.6 Å². The van der Waals surface area contributed by atoms with Gasteiger partial charge in [0.05, 0.1) is 5.69 Å². The molecule has 0 spiro atoms. The molecular weight excluding hydrogens is 244 g/mol. The van der Waals surface area contributed by atoms with Crippen molar-refractivity contribution in [3.8, 4) is 0 Å². The molecule has 1 aromatic carbocycles. The summed E-state index contributed by atoms with van der Waals surface area (Å²) in [5.41, 5.74) is 1.81. The van der Waals surface area contributed by atoms with Crippen molar-refractivity contribution in [2.24, 2.45) is 5.41 Å². The van der Waals surface area contributed by atoms with E-state index in [0.29, 0.717) is 10.2 Å². The van der Waals surface area contributed by atoms with Crippen molar-refractivity contribution in [3.05, 3.63) is 14.7 Å². The molecule has 0 amide bonds. The van der Waals surface area contributed by atoms with Gasteiger partial charge >= 0.3 is 0 Å². The Morgan fingerprint density at radius 2 is 1.78 bits per heavy atom. The number of hydrogen-bond donors (Lipinski definition) is 1. The minimum absolute atomic E-state index is 0. The summed E-state index contributed by atoms with van der Waals surface area (Å²) in [7, 11) is 3.80. The van der Waals surface area contributed by atoms with Crippen LogP contribution in [-0.2, 0) is 0 Å². The predicted octanol–water partition coefficient (Wildman–Crippen LogP) is 3.84. The maximum Gasteiger partial charge on any atom is 0.223 e. The average molecular weight is 272 g/mol. The third kappa shape index (κ3) is 4.41. The lowest BCUT2D eigenvalue weighted by Crippen LogP contribution is -2.26. The van der Waals surface area contributed by atoms with Crippen LogP contribution in [0.25, 0.3) is 0 Å². The molecule has 0 saturated heterocycles. The molecule has 0 aromatic heterocycles. The summed E-state index contributed by atoms with van der Waals surface area (Å²) < 4.78 is 0.447. The Hall–Kier alpha value is -0.900. The fraction of sp³-hybridized carbons (Fsp3) is 0.714. The van der Waals surface area contributed by atoms with Gasteiger partial charge in [0, 0.05) is 22.1 Å². The molecule has 0 unspecified atom stereocenters. The molecule has 0 aliphatic heterocycles. The van der Waals surface area contributed by atoms with Crippen molar-refractivity contribution < 1.29 is 1.43 Å². The van der Waals surface area contributed by atoms with Gasteiger partial charge in [0.15, 0.2) is 0 Å². The Kier molecular flexibility index (Phi) is 6.54. The number of rotatable bonds is 4. The first kappa shape index (κ1) is 17.1. The summed E-state index contributed by atoms with van der Waals surface area (Å²) in [4.78, 5) is 13.4. The van der Waals surface area contributed by atoms with Crippen LogP contribution in [0.15, 0.2) is 4.79 Å². The Bertz CT molecular complexity index is 443. The average Bonchev–Trinajstić information content (AvgIpc) is 2.27. The molecule has 0 heterocycles. The highest BCUT2D eigenvalue weighted by Crippen LogP contribution is 2.26. The van der Waals surface area contributed by atoms with Gasteiger partial charge in [-0.15, -0.1) is 0 Å². The van der Waals surface area contributed by atoms with Gasteiger partial charge in [-0.3, -0.25) is 4.79 Å². The van der Waals surface area contributed by atoms with E-state index in [0.717, 1.165) is 18.7 Å². The van der Waals surface area contributed by atoms with Gasteiger partial charge in [0.1, 0.15) is 10.2 Å². The minimum Gasteiger partial charge on any atom is -0.380 e. The van der Waals surface area contributed by atoms with Crippen molar-refractivity contribution in [1.82, 2.24) is 0 Å². The molecule has 0 aliphatic carbocycles. The maximum atomic E-state index is 11.5. The second kappa shape index (κ2) is 6.88. The fourth-order valence-electron chi connectivity index (χ4n) is 1.53. The van der Waals surface area contributed by atoms with Gasteiger partial charge in [0.25, 0.3) is 0 Å². The molecule has 1 aromatic rings. The fourth-order valence-corrected chi connectivity index (χ4v) is 1.92. The van der Waals surface area contributed by atoms with Crippen LogP contribution in [0.5, 0.6) is 0 Å². The van der Waals surface area contributed by atoms with Gasteiger partial charge < -0.3 is 10.2 Å². The third-order valence-electron chi connectivity index (χ3n) is 2.51. The largest absolute Gasteiger partial charge is 0.380 e. The van der Waals surface area contributed by atoms with Crippen molar-refractivity contribution in [2.75, 3.05) is 30.9 Å². The molecule has 4 heteroatoms. The standard InChI is InChI=1S/C12H20N2OS.C2H6.H2/c1-12(2,3)6-7-13-8-9(14(4)5)11(16)10(8)15;1-2;/h13H,6-7H2,1-5H3;1-2H3;1H. The van der Waals surface area contributed by atoms with E-state index in [9.17, 15) is 4.79 Å². The minimum atomic E-state index is -0.0207. The van der Waals surface area contributed by atoms with Crippen LogP contribution in [0.3, 0.4) is 0 Å². The van der Waals surface area contributed by atoms with Crippen LogP contribution < -0.4 is 15.6 Å². The molecule has 0 fully saturated rings. The van der Waals surface area contributed by atoms with Gasteiger partial charge in [-0.25, -0.2) is 0 Å². The molecule has 1 rings (SSSR count). The zero-order chi connectivity index (χ0) is 14.5. The zero-order valence-corrected chi connectivity index (χ0v) is 13.5.